The molecule has 0 bridgehead atoms. The number of nitrogens with zero attached hydrogens (tertiary/aromatic N) is 3. The van der Waals surface area contributed by atoms with E-state index >= 15 is 0 Å². The SMILES string of the molecule is Cc1ccc(Nc2cnnc(NC(C)(C)C)n2)c(Br)c1. The zero-order valence-electron chi connectivity index (χ0n) is 12.0. The van der Waals surface area contributed by atoms with Crippen LogP contribution in [0.25, 0.3) is 0 Å². The van der Waals surface area contributed by atoms with Gasteiger partial charge in [-0.15, -0.1) is 5.10 Å². The second-order valence-electron chi connectivity index (χ2n) is 5.65. The summed E-state index contributed by atoms with van der Waals surface area (Å²) >= 11 is 3.53. The van der Waals surface area contributed by atoms with Crippen LogP contribution in [0, 0.1) is 6.92 Å². The standard InChI is InChI=1S/C14H18BrN5/c1-9-5-6-11(10(15)7-9)17-12-8-16-20-13(18-12)19-14(2,3)4/h5-8H,1-4H3,(H2,17,18,19,20). The molecule has 1 aromatic heterocycles. The first-order valence-electron chi connectivity index (χ1n) is 6.34. The number of benzene rings is 1. The van der Waals surface area contributed by atoms with Gasteiger partial charge in [0.15, 0.2) is 5.82 Å². The van der Waals surface area contributed by atoms with E-state index in [1.165, 1.54) is 5.56 Å². The first-order valence-corrected chi connectivity index (χ1v) is 7.14. The van der Waals surface area contributed by atoms with E-state index in [2.05, 4.69) is 41.7 Å². The molecule has 2 aromatic rings. The molecule has 5 nitrogen and oxygen atoms in total. The number of hydrogen-bond acceptors (Lipinski definition) is 5. The van der Waals surface area contributed by atoms with Crippen molar-refractivity contribution in [2.45, 2.75) is 33.2 Å². The largest absolute Gasteiger partial charge is 0.348 e. The van der Waals surface area contributed by atoms with Crippen molar-refractivity contribution in [1.29, 1.82) is 0 Å². The number of halogens is 1. The van der Waals surface area contributed by atoms with Crippen LogP contribution in [0.15, 0.2) is 28.9 Å². The Kier molecular flexibility index (Phi) is 4.23. The van der Waals surface area contributed by atoms with Crippen LogP contribution in [0.4, 0.5) is 17.5 Å². The van der Waals surface area contributed by atoms with Gasteiger partial charge in [-0.1, -0.05) is 6.07 Å². The van der Waals surface area contributed by atoms with Gasteiger partial charge >= 0.3 is 0 Å². The first-order chi connectivity index (χ1) is 9.33. The Morgan fingerprint density at radius 3 is 2.60 bits per heavy atom. The van der Waals surface area contributed by atoms with Gasteiger partial charge in [0.25, 0.3) is 0 Å². The van der Waals surface area contributed by atoms with E-state index in [0.717, 1.165) is 10.2 Å². The van der Waals surface area contributed by atoms with E-state index in [4.69, 9.17) is 0 Å². The van der Waals surface area contributed by atoms with Gasteiger partial charge in [0, 0.05) is 10.0 Å². The van der Waals surface area contributed by atoms with Gasteiger partial charge in [-0.05, 0) is 61.3 Å². The van der Waals surface area contributed by atoms with Gasteiger partial charge in [0.05, 0.1) is 11.9 Å². The van der Waals surface area contributed by atoms with E-state index in [1.54, 1.807) is 6.20 Å². The van der Waals surface area contributed by atoms with E-state index in [0.29, 0.717) is 11.8 Å². The number of anilines is 3. The van der Waals surface area contributed by atoms with E-state index in [1.807, 2.05) is 45.9 Å². The molecule has 0 aliphatic heterocycles. The molecule has 6 heteroatoms. The molecular formula is C14H18BrN5. The first kappa shape index (κ1) is 14.7. The summed E-state index contributed by atoms with van der Waals surface area (Å²) in [5.41, 5.74) is 2.03. The van der Waals surface area contributed by atoms with Gasteiger partial charge in [-0.3, -0.25) is 0 Å². The highest BCUT2D eigenvalue weighted by atomic mass is 79.9. The topological polar surface area (TPSA) is 62.7 Å². The average molecular weight is 336 g/mol. The van der Waals surface area contributed by atoms with Crippen LogP contribution in [0.3, 0.4) is 0 Å². The molecule has 0 aliphatic carbocycles. The van der Waals surface area contributed by atoms with Crippen molar-refractivity contribution in [1.82, 2.24) is 15.2 Å². The molecule has 0 saturated carbocycles. The Hall–Kier alpha value is -1.69. The van der Waals surface area contributed by atoms with Crippen LogP contribution in [-0.4, -0.2) is 20.7 Å². The van der Waals surface area contributed by atoms with Crippen molar-refractivity contribution >= 4 is 33.4 Å². The molecule has 20 heavy (non-hydrogen) atoms. The van der Waals surface area contributed by atoms with Crippen molar-refractivity contribution in [2.24, 2.45) is 0 Å². The lowest BCUT2D eigenvalue weighted by Crippen LogP contribution is -2.27. The highest BCUT2D eigenvalue weighted by Gasteiger charge is 2.12. The minimum absolute atomic E-state index is 0.106. The van der Waals surface area contributed by atoms with E-state index in [9.17, 15) is 0 Å². The average Bonchev–Trinajstić information content (AvgIpc) is 2.31. The highest BCUT2D eigenvalue weighted by molar-refractivity contribution is 9.10. The number of nitrogens with one attached hydrogen (secondary N) is 2. The van der Waals surface area contributed by atoms with Gasteiger partial charge < -0.3 is 10.6 Å². The van der Waals surface area contributed by atoms with Gasteiger partial charge in [-0.2, -0.15) is 10.1 Å². The van der Waals surface area contributed by atoms with Crippen LogP contribution in [0.5, 0.6) is 0 Å². The molecule has 0 radical (unpaired) electrons. The van der Waals surface area contributed by atoms with Crippen LogP contribution < -0.4 is 10.6 Å². The summed E-state index contributed by atoms with van der Waals surface area (Å²) in [7, 11) is 0. The summed E-state index contributed by atoms with van der Waals surface area (Å²) in [4.78, 5) is 4.40. The lowest BCUT2D eigenvalue weighted by Gasteiger charge is -2.20. The Bertz CT molecular complexity index is 607. The monoisotopic (exact) mass is 335 g/mol. The molecule has 106 valence electrons. The number of aromatic nitrogens is 3. The molecule has 0 unspecified atom stereocenters. The Labute approximate surface area is 127 Å². The number of aryl methyl sites for hydroxylation is 1. The molecule has 0 saturated heterocycles. The summed E-state index contributed by atoms with van der Waals surface area (Å²) in [6.07, 6.45) is 1.60. The predicted molar refractivity (Wildman–Crippen MR) is 85.4 cm³/mol. The molecule has 2 N–H and O–H groups in total. The summed E-state index contributed by atoms with van der Waals surface area (Å²) in [5, 5.41) is 14.4. The second kappa shape index (κ2) is 5.75. The third-order valence-electron chi connectivity index (χ3n) is 2.43. The van der Waals surface area contributed by atoms with Gasteiger partial charge in [-0.25, -0.2) is 0 Å². The fourth-order valence-electron chi connectivity index (χ4n) is 1.61. The fraction of sp³-hybridized carbons (Fsp3) is 0.357. The van der Waals surface area contributed by atoms with Crippen molar-refractivity contribution in [3.8, 4) is 0 Å². The molecule has 0 fully saturated rings. The highest BCUT2D eigenvalue weighted by Crippen LogP contribution is 2.26. The predicted octanol–water partition coefficient (Wildman–Crippen LogP) is 3.90. The Balaban J connectivity index is 2.19. The van der Waals surface area contributed by atoms with E-state index < -0.39 is 0 Å². The summed E-state index contributed by atoms with van der Waals surface area (Å²) < 4.78 is 0.987. The maximum Gasteiger partial charge on any atom is 0.245 e. The molecule has 2 rings (SSSR count). The molecule has 1 aromatic carbocycles. The van der Waals surface area contributed by atoms with Crippen molar-refractivity contribution in [3.05, 3.63) is 34.4 Å². The summed E-state index contributed by atoms with van der Waals surface area (Å²) in [5.74, 6) is 1.15. The summed E-state index contributed by atoms with van der Waals surface area (Å²) in [6, 6.07) is 6.08. The van der Waals surface area contributed by atoms with Crippen LogP contribution in [0.1, 0.15) is 26.3 Å². The smallest absolute Gasteiger partial charge is 0.245 e. The van der Waals surface area contributed by atoms with Crippen LogP contribution >= 0.6 is 15.9 Å². The minimum atomic E-state index is -0.106. The van der Waals surface area contributed by atoms with Gasteiger partial charge in [0.1, 0.15) is 0 Å². The number of hydrogen-bond donors (Lipinski definition) is 2. The van der Waals surface area contributed by atoms with Crippen LogP contribution in [0.2, 0.25) is 0 Å². The lowest BCUT2D eigenvalue weighted by molar-refractivity contribution is 0.623. The third kappa shape index (κ3) is 4.16. The van der Waals surface area contributed by atoms with Crippen molar-refractivity contribution in [3.63, 3.8) is 0 Å². The molecule has 0 atom stereocenters. The Morgan fingerprint density at radius 2 is 1.95 bits per heavy atom. The molecule has 0 spiro atoms. The van der Waals surface area contributed by atoms with Crippen molar-refractivity contribution in [2.75, 3.05) is 10.6 Å². The van der Waals surface area contributed by atoms with E-state index in [-0.39, 0.29) is 5.54 Å². The zero-order valence-corrected chi connectivity index (χ0v) is 13.6. The quantitative estimate of drug-likeness (QED) is 0.890. The van der Waals surface area contributed by atoms with Crippen molar-refractivity contribution < 1.29 is 0 Å². The normalized spacial score (nSPS) is 11.2. The maximum atomic E-state index is 4.40. The molecule has 1 heterocycles. The second-order valence-corrected chi connectivity index (χ2v) is 6.50. The minimum Gasteiger partial charge on any atom is -0.348 e. The van der Waals surface area contributed by atoms with Gasteiger partial charge in [0.2, 0.25) is 5.95 Å². The summed E-state index contributed by atoms with van der Waals surface area (Å²) in [6.45, 7) is 8.19. The third-order valence-corrected chi connectivity index (χ3v) is 3.09. The van der Waals surface area contributed by atoms with Crippen LogP contribution in [-0.2, 0) is 0 Å². The lowest BCUT2D eigenvalue weighted by atomic mass is 10.1. The molecule has 0 amide bonds. The Morgan fingerprint density at radius 1 is 1.20 bits per heavy atom. The molecule has 0 aliphatic rings. The fourth-order valence-corrected chi connectivity index (χ4v) is 2.20. The maximum absolute atomic E-state index is 4.40. The number of rotatable bonds is 3. The zero-order chi connectivity index (χ0) is 14.8. The molecular weight excluding hydrogens is 318 g/mol.